The van der Waals surface area contributed by atoms with E-state index in [1.165, 1.54) is 19.4 Å². The molecule has 1 heteroatoms. The van der Waals surface area contributed by atoms with Crippen molar-refractivity contribution in [3.8, 4) is 0 Å². The third-order valence-corrected chi connectivity index (χ3v) is 3.12. The number of nitrogens with zero attached hydrogens (tertiary/aromatic N) is 1. The Kier molecular flexibility index (Phi) is 2.04. The first-order valence-corrected chi connectivity index (χ1v) is 4.24. The fourth-order valence-electron chi connectivity index (χ4n) is 1.78. The van der Waals surface area contributed by atoms with Crippen molar-refractivity contribution in [1.29, 1.82) is 0 Å². The summed E-state index contributed by atoms with van der Waals surface area (Å²) in [6.45, 7) is 8.35. The van der Waals surface area contributed by atoms with Gasteiger partial charge in [0.15, 0.2) is 0 Å². The van der Waals surface area contributed by atoms with Gasteiger partial charge in [0, 0.05) is 6.04 Å². The zero-order valence-corrected chi connectivity index (χ0v) is 7.65. The van der Waals surface area contributed by atoms with Crippen LogP contribution in [0, 0.1) is 5.41 Å². The third kappa shape index (κ3) is 1.34. The molecule has 0 radical (unpaired) electrons. The van der Waals surface area contributed by atoms with Crippen molar-refractivity contribution < 1.29 is 0 Å². The standard InChI is InChI=1S/C9H19N/c1-8-9(2,3)6-5-7-10(8)4/h8H,5-7H2,1-4H3. The van der Waals surface area contributed by atoms with Crippen molar-refractivity contribution in [3.05, 3.63) is 0 Å². The number of piperidine rings is 1. The van der Waals surface area contributed by atoms with Crippen LogP contribution in [0.2, 0.25) is 0 Å². The van der Waals surface area contributed by atoms with Crippen molar-refractivity contribution in [2.75, 3.05) is 13.6 Å². The van der Waals surface area contributed by atoms with Crippen molar-refractivity contribution in [3.63, 3.8) is 0 Å². The molecule has 0 saturated carbocycles. The molecule has 0 aromatic carbocycles. The highest BCUT2D eigenvalue weighted by molar-refractivity contribution is 4.85. The van der Waals surface area contributed by atoms with Crippen LogP contribution in [-0.4, -0.2) is 24.5 Å². The lowest BCUT2D eigenvalue weighted by Gasteiger charge is -2.43. The average molecular weight is 141 g/mol. The Morgan fingerprint density at radius 2 is 2.00 bits per heavy atom. The van der Waals surface area contributed by atoms with Gasteiger partial charge in [0.25, 0.3) is 0 Å². The van der Waals surface area contributed by atoms with Gasteiger partial charge in [0.1, 0.15) is 0 Å². The lowest BCUT2D eigenvalue weighted by Crippen LogP contribution is -2.45. The van der Waals surface area contributed by atoms with Crippen LogP contribution >= 0.6 is 0 Å². The van der Waals surface area contributed by atoms with Crippen LogP contribution in [0.1, 0.15) is 33.6 Å². The molecular weight excluding hydrogens is 122 g/mol. The highest BCUT2D eigenvalue weighted by Gasteiger charge is 2.31. The second kappa shape index (κ2) is 2.54. The molecule has 0 N–H and O–H groups in total. The predicted molar refractivity (Wildman–Crippen MR) is 45.1 cm³/mol. The molecule has 0 amide bonds. The van der Waals surface area contributed by atoms with E-state index in [4.69, 9.17) is 0 Å². The van der Waals surface area contributed by atoms with Crippen LogP contribution in [0.4, 0.5) is 0 Å². The molecular formula is C9H19N. The van der Waals surface area contributed by atoms with Crippen LogP contribution < -0.4 is 0 Å². The summed E-state index contributed by atoms with van der Waals surface area (Å²) >= 11 is 0. The highest BCUT2D eigenvalue weighted by Crippen LogP contribution is 2.33. The van der Waals surface area contributed by atoms with Gasteiger partial charge in [-0.15, -0.1) is 0 Å². The molecule has 0 aromatic heterocycles. The van der Waals surface area contributed by atoms with E-state index in [9.17, 15) is 0 Å². The van der Waals surface area contributed by atoms with E-state index in [1.54, 1.807) is 0 Å². The molecule has 0 aromatic rings. The van der Waals surface area contributed by atoms with Crippen LogP contribution in [0.5, 0.6) is 0 Å². The Labute approximate surface area is 64.4 Å². The molecule has 1 aliphatic heterocycles. The molecule has 60 valence electrons. The Hall–Kier alpha value is -0.0400. The Morgan fingerprint density at radius 3 is 2.40 bits per heavy atom. The number of hydrogen-bond donors (Lipinski definition) is 0. The van der Waals surface area contributed by atoms with Crippen LogP contribution in [0.15, 0.2) is 0 Å². The SMILES string of the molecule is CC1N(C)CCCC1(C)C. The van der Waals surface area contributed by atoms with Crippen molar-refractivity contribution in [2.24, 2.45) is 5.41 Å². The van der Waals surface area contributed by atoms with Crippen molar-refractivity contribution in [2.45, 2.75) is 39.7 Å². The monoisotopic (exact) mass is 141 g/mol. The minimum atomic E-state index is 0.535. The molecule has 1 heterocycles. The fraction of sp³-hybridized carbons (Fsp3) is 1.00. The van der Waals surface area contributed by atoms with Gasteiger partial charge in [-0.25, -0.2) is 0 Å². The maximum Gasteiger partial charge on any atom is 0.0115 e. The summed E-state index contributed by atoms with van der Waals surface area (Å²) in [7, 11) is 2.23. The number of hydrogen-bond acceptors (Lipinski definition) is 1. The van der Waals surface area contributed by atoms with Gasteiger partial charge in [0.2, 0.25) is 0 Å². The van der Waals surface area contributed by atoms with Crippen molar-refractivity contribution in [1.82, 2.24) is 4.90 Å². The molecule has 0 aliphatic carbocycles. The Bertz CT molecular complexity index is 118. The van der Waals surface area contributed by atoms with Crippen LogP contribution in [0.25, 0.3) is 0 Å². The third-order valence-electron chi connectivity index (χ3n) is 3.12. The van der Waals surface area contributed by atoms with Gasteiger partial charge in [-0.1, -0.05) is 13.8 Å². The topological polar surface area (TPSA) is 3.24 Å². The second-order valence-corrected chi connectivity index (χ2v) is 4.25. The summed E-state index contributed by atoms with van der Waals surface area (Å²) in [6, 6.07) is 0.751. The van der Waals surface area contributed by atoms with E-state index in [-0.39, 0.29) is 0 Å². The van der Waals surface area contributed by atoms with E-state index < -0.39 is 0 Å². The van der Waals surface area contributed by atoms with E-state index >= 15 is 0 Å². The lowest BCUT2D eigenvalue weighted by molar-refractivity contribution is 0.0713. The molecule has 1 fully saturated rings. The Morgan fingerprint density at radius 1 is 1.40 bits per heavy atom. The zero-order valence-electron chi connectivity index (χ0n) is 7.65. The van der Waals surface area contributed by atoms with Gasteiger partial charge in [-0.3, -0.25) is 0 Å². The van der Waals surface area contributed by atoms with Crippen LogP contribution in [0.3, 0.4) is 0 Å². The van der Waals surface area contributed by atoms with Gasteiger partial charge in [0.05, 0.1) is 0 Å². The zero-order chi connectivity index (χ0) is 7.78. The molecule has 1 aliphatic rings. The summed E-state index contributed by atoms with van der Waals surface area (Å²) < 4.78 is 0. The first-order valence-electron chi connectivity index (χ1n) is 4.24. The summed E-state index contributed by atoms with van der Waals surface area (Å²) in [4.78, 5) is 2.46. The molecule has 1 unspecified atom stereocenters. The van der Waals surface area contributed by atoms with Gasteiger partial charge in [-0.05, 0) is 38.8 Å². The highest BCUT2D eigenvalue weighted by atomic mass is 15.1. The minimum absolute atomic E-state index is 0.535. The smallest absolute Gasteiger partial charge is 0.0115 e. The average Bonchev–Trinajstić information content (AvgIpc) is 1.83. The molecule has 0 bridgehead atoms. The maximum absolute atomic E-state index is 2.46. The lowest BCUT2D eigenvalue weighted by atomic mass is 9.77. The minimum Gasteiger partial charge on any atom is -0.303 e. The van der Waals surface area contributed by atoms with Gasteiger partial charge in [-0.2, -0.15) is 0 Å². The van der Waals surface area contributed by atoms with Crippen LogP contribution in [-0.2, 0) is 0 Å². The van der Waals surface area contributed by atoms with E-state index in [0.717, 1.165) is 6.04 Å². The molecule has 10 heavy (non-hydrogen) atoms. The Balaban J connectivity index is 2.60. The van der Waals surface area contributed by atoms with E-state index in [2.05, 4.69) is 32.7 Å². The largest absolute Gasteiger partial charge is 0.303 e. The summed E-state index contributed by atoms with van der Waals surface area (Å²) in [5, 5.41) is 0. The second-order valence-electron chi connectivity index (χ2n) is 4.25. The molecule has 1 atom stereocenters. The predicted octanol–water partition coefficient (Wildman–Crippen LogP) is 2.13. The molecule has 1 nitrogen and oxygen atoms in total. The van der Waals surface area contributed by atoms with E-state index in [1.807, 2.05) is 0 Å². The summed E-state index contributed by atoms with van der Waals surface area (Å²) in [5.41, 5.74) is 0.535. The van der Waals surface area contributed by atoms with Gasteiger partial charge < -0.3 is 4.90 Å². The number of rotatable bonds is 0. The first-order chi connectivity index (χ1) is 4.54. The van der Waals surface area contributed by atoms with E-state index in [0.29, 0.717) is 5.41 Å². The molecule has 1 rings (SSSR count). The fourth-order valence-corrected chi connectivity index (χ4v) is 1.78. The molecule has 0 spiro atoms. The summed E-state index contributed by atoms with van der Waals surface area (Å²) in [6.07, 6.45) is 2.76. The molecule has 1 saturated heterocycles. The quantitative estimate of drug-likeness (QED) is 0.499. The first kappa shape index (κ1) is 8.06. The van der Waals surface area contributed by atoms with Gasteiger partial charge >= 0.3 is 0 Å². The maximum atomic E-state index is 2.46. The number of likely N-dealkylation sites (tertiary alicyclic amines) is 1. The van der Waals surface area contributed by atoms with Crippen molar-refractivity contribution >= 4 is 0 Å². The summed E-state index contributed by atoms with van der Waals surface area (Å²) in [5.74, 6) is 0. The normalized spacial score (nSPS) is 34.2.